The summed E-state index contributed by atoms with van der Waals surface area (Å²) in [6, 6.07) is 0. The lowest BCUT2D eigenvalue weighted by molar-refractivity contribution is -0.112. The molecule has 2 nitrogen and oxygen atoms in total. The lowest BCUT2D eigenvalue weighted by Gasteiger charge is -2.08. The molecule has 0 aromatic carbocycles. The van der Waals surface area contributed by atoms with Crippen LogP contribution in [0.5, 0.6) is 0 Å². The monoisotopic (exact) mass is 116 g/mol. The molecule has 8 heavy (non-hydrogen) atoms. The van der Waals surface area contributed by atoms with E-state index >= 15 is 0 Å². The lowest BCUT2D eigenvalue weighted by Crippen LogP contribution is -2.12. The average Bonchev–Trinajstić information content (AvgIpc) is 1.84. The van der Waals surface area contributed by atoms with Gasteiger partial charge in [-0.3, -0.25) is 0 Å². The quantitative estimate of drug-likeness (QED) is 0.543. The molecule has 0 saturated heterocycles. The van der Waals surface area contributed by atoms with Crippen LogP contribution in [-0.4, -0.2) is 18.0 Å². The molecular weight excluding hydrogens is 104 g/mol. The second kappa shape index (κ2) is 3.61. The van der Waals surface area contributed by atoms with E-state index in [1.807, 2.05) is 6.92 Å². The Morgan fingerprint density at radius 1 is 1.62 bits per heavy atom. The molecule has 2 atom stereocenters. The number of rotatable bonds is 3. The van der Waals surface area contributed by atoms with Gasteiger partial charge >= 0.3 is 0 Å². The van der Waals surface area contributed by atoms with Crippen LogP contribution in [0.25, 0.3) is 0 Å². The normalized spacial score (nSPS) is 17.4. The van der Waals surface area contributed by atoms with Crippen LogP contribution in [0.2, 0.25) is 0 Å². The van der Waals surface area contributed by atoms with Gasteiger partial charge in [0.25, 0.3) is 0 Å². The molecule has 0 aliphatic heterocycles. The highest BCUT2D eigenvalue weighted by Crippen LogP contribution is 2.05. The zero-order valence-corrected chi connectivity index (χ0v) is 5.29. The predicted molar refractivity (Wildman–Crippen MR) is 31.5 cm³/mol. The summed E-state index contributed by atoms with van der Waals surface area (Å²) in [5.41, 5.74) is 0. The number of aldehydes is 1. The molecule has 0 aliphatic carbocycles. The molecule has 2 unspecified atom stereocenters. The maximum atomic E-state index is 9.99. The fraction of sp³-hybridized carbons (Fsp3) is 0.833. The van der Waals surface area contributed by atoms with E-state index in [2.05, 4.69) is 0 Å². The van der Waals surface area contributed by atoms with Crippen molar-refractivity contribution >= 4 is 6.29 Å². The van der Waals surface area contributed by atoms with Gasteiger partial charge in [-0.2, -0.15) is 0 Å². The second-order valence-electron chi connectivity index (χ2n) is 2.16. The Morgan fingerprint density at radius 3 is 2.25 bits per heavy atom. The summed E-state index contributed by atoms with van der Waals surface area (Å²) in [4.78, 5) is 9.99. The molecule has 48 valence electrons. The Hall–Kier alpha value is -0.370. The Bertz CT molecular complexity index is 70.9. The van der Waals surface area contributed by atoms with Gasteiger partial charge in [0.15, 0.2) is 0 Å². The van der Waals surface area contributed by atoms with Crippen LogP contribution in [0.15, 0.2) is 0 Å². The third-order valence-corrected chi connectivity index (χ3v) is 1.40. The minimum atomic E-state index is -0.0139. The van der Waals surface area contributed by atoms with Crippen LogP contribution in [0.3, 0.4) is 0 Å². The lowest BCUT2D eigenvalue weighted by atomic mass is 9.99. The second-order valence-corrected chi connectivity index (χ2v) is 2.16. The van der Waals surface area contributed by atoms with Crippen LogP contribution < -0.4 is 0 Å². The van der Waals surface area contributed by atoms with Crippen LogP contribution in [-0.2, 0) is 4.79 Å². The summed E-state index contributed by atoms with van der Waals surface area (Å²) in [5.74, 6) is 0.0903. The SMILES string of the molecule is CC(C=O)C(C)CO. The largest absolute Gasteiger partial charge is 0.396 e. The van der Waals surface area contributed by atoms with Gasteiger partial charge in [0, 0.05) is 12.5 Å². The average molecular weight is 116 g/mol. The molecule has 0 fully saturated rings. The van der Waals surface area contributed by atoms with E-state index < -0.39 is 0 Å². The molecule has 0 amide bonds. The third-order valence-electron chi connectivity index (χ3n) is 1.40. The number of aliphatic hydroxyl groups is 1. The van der Waals surface area contributed by atoms with Gasteiger partial charge < -0.3 is 9.90 Å². The van der Waals surface area contributed by atoms with E-state index in [4.69, 9.17) is 5.11 Å². The zero-order valence-electron chi connectivity index (χ0n) is 5.29. The Labute approximate surface area is 49.5 Å². The summed E-state index contributed by atoms with van der Waals surface area (Å²) in [5, 5.41) is 8.48. The van der Waals surface area contributed by atoms with Gasteiger partial charge in [-0.25, -0.2) is 0 Å². The molecule has 0 aliphatic rings. The van der Waals surface area contributed by atoms with Crippen molar-refractivity contribution in [3.8, 4) is 0 Å². The zero-order chi connectivity index (χ0) is 6.57. The van der Waals surface area contributed by atoms with Crippen molar-refractivity contribution in [3.05, 3.63) is 0 Å². The van der Waals surface area contributed by atoms with Crippen molar-refractivity contribution in [2.75, 3.05) is 6.61 Å². The highest BCUT2D eigenvalue weighted by atomic mass is 16.3. The van der Waals surface area contributed by atoms with E-state index in [-0.39, 0.29) is 18.4 Å². The number of carbonyl (C=O) groups excluding carboxylic acids is 1. The number of hydrogen-bond donors (Lipinski definition) is 1. The molecule has 0 aromatic heterocycles. The van der Waals surface area contributed by atoms with Gasteiger partial charge in [0.05, 0.1) is 0 Å². The standard InChI is InChI=1S/C6H12O2/c1-5(3-7)6(2)4-8/h3,5-6,8H,4H2,1-2H3. The number of aliphatic hydroxyl groups excluding tert-OH is 1. The Balaban J connectivity index is 3.44. The van der Waals surface area contributed by atoms with Crippen LogP contribution in [0, 0.1) is 11.8 Å². The molecule has 0 heterocycles. The van der Waals surface area contributed by atoms with Crippen molar-refractivity contribution in [2.45, 2.75) is 13.8 Å². The molecule has 0 bridgehead atoms. The van der Waals surface area contributed by atoms with E-state index in [0.717, 1.165) is 6.29 Å². The molecule has 0 aromatic rings. The van der Waals surface area contributed by atoms with Crippen molar-refractivity contribution in [2.24, 2.45) is 11.8 Å². The first-order chi connectivity index (χ1) is 3.72. The van der Waals surface area contributed by atoms with Crippen LogP contribution in [0.4, 0.5) is 0 Å². The van der Waals surface area contributed by atoms with E-state index in [9.17, 15) is 4.79 Å². The van der Waals surface area contributed by atoms with Crippen molar-refractivity contribution in [1.82, 2.24) is 0 Å². The van der Waals surface area contributed by atoms with Crippen LogP contribution >= 0.6 is 0 Å². The predicted octanol–water partition coefficient (Wildman–Crippen LogP) is 0.450. The molecule has 2 heteroatoms. The first-order valence-electron chi connectivity index (χ1n) is 2.78. The summed E-state index contributed by atoms with van der Waals surface area (Å²) in [7, 11) is 0. The van der Waals surface area contributed by atoms with Gasteiger partial charge in [-0.1, -0.05) is 13.8 Å². The first-order valence-corrected chi connectivity index (χ1v) is 2.78. The summed E-state index contributed by atoms with van der Waals surface area (Å²) < 4.78 is 0. The summed E-state index contributed by atoms with van der Waals surface area (Å²) in [6.45, 7) is 3.74. The van der Waals surface area contributed by atoms with Crippen molar-refractivity contribution in [1.29, 1.82) is 0 Å². The highest BCUT2D eigenvalue weighted by molar-refractivity contribution is 5.53. The molecule has 0 rings (SSSR count). The first kappa shape index (κ1) is 7.63. The van der Waals surface area contributed by atoms with E-state index in [0.29, 0.717) is 0 Å². The topological polar surface area (TPSA) is 37.3 Å². The number of carbonyl (C=O) groups is 1. The van der Waals surface area contributed by atoms with Gasteiger partial charge in [-0.05, 0) is 5.92 Å². The molecule has 1 N–H and O–H groups in total. The summed E-state index contributed by atoms with van der Waals surface area (Å²) >= 11 is 0. The molecule has 0 radical (unpaired) electrons. The fourth-order valence-corrected chi connectivity index (χ4v) is 0.300. The van der Waals surface area contributed by atoms with Gasteiger partial charge in [0.2, 0.25) is 0 Å². The number of hydrogen-bond acceptors (Lipinski definition) is 2. The third kappa shape index (κ3) is 2.07. The molecule has 0 spiro atoms. The smallest absolute Gasteiger partial charge is 0.123 e. The van der Waals surface area contributed by atoms with Crippen molar-refractivity contribution in [3.63, 3.8) is 0 Å². The maximum Gasteiger partial charge on any atom is 0.123 e. The van der Waals surface area contributed by atoms with Crippen molar-refractivity contribution < 1.29 is 9.90 Å². The fourth-order valence-electron chi connectivity index (χ4n) is 0.300. The van der Waals surface area contributed by atoms with Crippen LogP contribution in [0.1, 0.15) is 13.8 Å². The Morgan fingerprint density at radius 2 is 2.12 bits per heavy atom. The highest BCUT2D eigenvalue weighted by Gasteiger charge is 2.07. The Kier molecular flexibility index (Phi) is 3.44. The summed E-state index contributed by atoms with van der Waals surface area (Å²) in [6.07, 6.45) is 0.862. The van der Waals surface area contributed by atoms with E-state index in [1.165, 1.54) is 0 Å². The minimum Gasteiger partial charge on any atom is -0.396 e. The maximum absolute atomic E-state index is 9.99. The molecule has 0 saturated carbocycles. The van der Waals surface area contributed by atoms with E-state index in [1.54, 1.807) is 6.92 Å². The van der Waals surface area contributed by atoms with Gasteiger partial charge in [0.1, 0.15) is 6.29 Å². The minimum absolute atomic E-state index is 0.0139. The van der Waals surface area contributed by atoms with Gasteiger partial charge in [-0.15, -0.1) is 0 Å². The molecular formula is C6H12O2.